The summed E-state index contributed by atoms with van der Waals surface area (Å²) >= 11 is 1.30. The van der Waals surface area contributed by atoms with Crippen molar-refractivity contribution in [3.63, 3.8) is 0 Å². The van der Waals surface area contributed by atoms with Gasteiger partial charge in [0.15, 0.2) is 0 Å². The lowest BCUT2D eigenvalue weighted by atomic mass is 10.1. The molecule has 0 saturated carbocycles. The van der Waals surface area contributed by atoms with Gasteiger partial charge in [-0.3, -0.25) is 4.79 Å². The number of hydrogen-bond acceptors (Lipinski definition) is 3. The van der Waals surface area contributed by atoms with Gasteiger partial charge in [0.1, 0.15) is 11.6 Å². The van der Waals surface area contributed by atoms with Crippen LogP contribution in [0.1, 0.15) is 20.8 Å². The molecule has 0 unspecified atom stereocenters. The van der Waals surface area contributed by atoms with Gasteiger partial charge in [-0.25, -0.2) is 4.39 Å². The van der Waals surface area contributed by atoms with Gasteiger partial charge in [0.2, 0.25) is 0 Å². The molecule has 0 aliphatic rings. The highest BCUT2D eigenvalue weighted by molar-refractivity contribution is 7.20. The molecule has 124 valence electrons. The number of ether oxygens (including phenoxy) is 1. The Hall–Kier alpha value is -2.40. The quantitative estimate of drug-likeness (QED) is 0.749. The maximum Gasteiger partial charge on any atom is 0.261 e. The van der Waals surface area contributed by atoms with Crippen LogP contribution in [0, 0.1) is 12.7 Å². The molecule has 0 aliphatic carbocycles. The van der Waals surface area contributed by atoms with Crippen LogP contribution in [0.2, 0.25) is 0 Å². The number of thiophene rings is 1. The third-order valence-corrected chi connectivity index (χ3v) is 4.95. The lowest BCUT2D eigenvalue weighted by Gasteiger charge is -2.10. The van der Waals surface area contributed by atoms with Crippen molar-refractivity contribution < 1.29 is 13.9 Å². The summed E-state index contributed by atoms with van der Waals surface area (Å²) < 4.78 is 19.8. The normalized spacial score (nSPS) is 10.8. The maximum absolute atomic E-state index is 13.7. The van der Waals surface area contributed by atoms with Crippen LogP contribution in [-0.2, 0) is 6.42 Å². The van der Waals surface area contributed by atoms with E-state index in [4.69, 9.17) is 4.74 Å². The van der Waals surface area contributed by atoms with Gasteiger partial charge in [0, 0.05) is 16.6 Å². The number of aryl methyl sites for hydroxylation is 1. The topological polar surface area (TPSA) is 38.3 Å². The van der Waals surface area contributed by atoms with Crippen LogP contribution in [0.15, 0.2) is 42.5 Å². The molecule has 3 rings (SSSR count). The molecule has 0 radical (unpaired) electrons. The van der Waals surface area contributed by atoms with Gasteiger partial charge in [0.25, 0.3) is 5.91 Å². The molecule has 0 bridgehead atoms. The van der Waals surface area contributed by atoms with E-state index >= 15 is 0 Å². The van der Waals surface area contributed by atoms with Crippen molar-refractivity contribution in [3.8, 4) is 5.75 Å². The van der Waals surface area contributed by atoms with Crippen molar-refractivity contribution in [2.24, 2.45) is 0 Å². The number of hydrogen-bond donors (Lipinski definition) is 1. The molecule has 3 aromatic rings. The maximum atomic E-state index is 13.7. The number of nitrogens with one attached hydrogen (secondary N) is 1. The molecule has 0 spiro atoms. The molecular formula is C19H18FNO2S. The number of halogens is 1. The number of benzene rings is 2. The molecule has 2 aromatic carbocycles. The molecule has 1 aromatic heterocycles. The molecule has 1 amide bonds. The predicted molar refractivity (Wildman–Crippen MR) is 95.6 cm³/mol. The van der Waals surface area contributed by atoms with E-state index in [2.05, 4.69) is 11.4 Å². The van der Waals surface area contributed by atoms with E-state index in [-0.39, 0.29) is 11.7 Å². The SMILES string of the molecule is COc1ccc(C)cc1CCNC(=O)c1cc2c(F)cccc2s1. The fourth-order valence-electron chi connectivity index (χ4n) is 2.64. The highest BCUT2D eigenvalue weighted by Gasteiger charge is 2.12. The Bertz CT molecular complexity index is 888. The van der Waals surface area contributed by atoms with Crippen LogP contribution < -0.4 is 10.1 Å². The zero-order valence-corrected chi connectivity index (χ0v) is 14.4. The van der Waals surface area contributed by atoms with Gasteiger partial charge in [0.05, 0.1) is 12.0 Å². The van der Waals surface area contributed by atoms with Crippen molar-refractivity contribution in [1.82, 2.24) is 5.32 Å². The van der Waals surface area contributed by atoms with Gasteiger partial charge in [-0.05, 0) is 43.2 Å². The van der Waals surface area contributed by atoms with Crippen LogP contribution in [0.4, 0.5) is 4.39 Å². The first-order valence-corrected chi connectivity index (χ1v) is 8.50. The molecule has 0 aliphatic heterocycles. The first-order chi connectivity index (χ1) is 11.6. The Kier molecular flexibility index (Phi) is 4.81. The summed E-state index contributed by atoms with van der Waals surface area (Å²) in [5.41, 5.74) is 2.21. The third kappa shape index (κ3) is 3.41. The zero-order valence-electron chi connectivity index (χ0n) is 13.6. The number of methoxy groups -OCH3 is 1. The summed E-state index contributed by atoms with van der Waals surface area (Å²) in [5.74, 6) is 0.341. The molecule has 0 atom stereocenters. The Morgan fingerprint density at radius 2 is 2.08 bits per heavy atom. The van der Waals surface area contributed by atoms with E-state index < -0.39 is 0 Å². The number of fused-ring (bicyclic) bond motifs is 1. The molecule has 5 heteroatoms. The molecule has 1 heterocycles. The van der Waals surface area contributed by atoms with Crippen molar-refractivity contribution >= 4 is 27.3 Å². The van der Waals surface area contributed by atoms with Crippen LogP contribution >= 0.6 is 11.3 Å². The van der Waals surface area contributed by atoms with Crippen molar-refractivity contribution in [2.75, 3.05) is 13.7 Å². The summed E-state index contributed by atoms with van der Waals surface area (Å²) in [6.07, 6.45) is 0.676. The molecule has 0 saturated heterocycles. The van der Waals surface area contributed by atoms with Crippen molar-refractivity contribution in [3.05, 3.63) is 64.3 Å². The molecule has 1 N–H and O–H groups in total. The largest absolute Gasteiger partial charge is 0.496 e. The monoisotopic (exact) mass is 343 g/mol. The van der Waals surface area contributed by atoms with Crippen molar-refractivity contribution in [2.45, 2.75) is 13.3 Å². The second kappa shape index (κ2) is 7.01. The standard InChI is InChI=1S/C19H18FNO2S/c1-12-6-7-16(23-2)13(10-12)8-9-21-19(22)18-11-14-15(20)4-3-5-17(14)24-18/h3-7,10-11H,8-9H2,1-2H3,(H,21,22). The first-order valence-electron chi connectivity index (χ1n) is 7.68. The van der Waals surface area contributed by atoms with Crippen molar-refractivity contribution in [1.29, 1.82) is 0 Å². The van der Waals surface area contributed by atoms with E-state index in [0.29, 0.717) is 23.2 Å². The molecule has 3 nitrogen and oxygen atoms in total. The minimum Gasteiger partial charge on any atom is -0.496 e. The summed E-state index contributed by atoms with van der Waals surface area (Å²) in [6, 6.07) is 12.5. The smallest absolute Gasteiger partial charge is 0.261 e. The second-order valence-electron chi connectivity index (χ2n) is 5.58. The van der Waals surface area contributed by atoms with E-state index in [1.165, 1.54) is 17.4 Å². The Balaban J connectivity index is 1.67. The molecule has 24 heavy (non-hydrogen) atoms. The highest BCUT2D eigenvalue weighted by atomic mass is 32.1. The Morgan fingerprint density at radius 1 is 1.25 bits per heavy atom. The lowest BCUT2D eigenvalue weighted by Crippen LogP contribution is -2.25. The fraction of sp³-hybridized carbons (Fsp3) is 0.211. The lowest BCUT2D eigenvalue weighted by molar-refractivity contribution is 0.0958. The minimum absolute atomic E-state index is 0.179. The number of carbonyl (C=O) groups is 1. The van der Waals surface area contributed by atoms with Crippen LogP contribution in [0.3, 0.4) is 0 Å². The van der Waals surface area contributed by atoms with Gasteiger partial charge in [-0.15, -0.1) is 11.3 Å². The van der Waals surface area contributed by atoms with Crippen LogP contribution in [0.25, 0.3) is 10.1 Å². The second-order valence-corrected chi connectivity index (χ2v) is 6.67. The molecule has 0 fully saturated rings. The minimum atomic E-state index is -0.299. The van der Waals surface area contributed by atoms with Gasteiger partial charge >= 0.3 is 0 Å². The van der Waals surface area contributed by atoms with Gasteiger partial charge in [-0.1, -0.05) is 23.8 Å². The number of carbonyl (C=O) groups excluding carboxylic acids is 1. The van der Waals surface area contributed by atoms with E-state index in [1.54, 1.807) is 19.2 Å². The summed E-state index contributed by atoms with van der Waals surface area (Å²) in [7, 11) is 1.64. The van der Waals surface area contributed by atoms with E-state index in [0.717, 1.165) is 21.6 Å². The number of amides is 1. The van der Waals surface area contributed by atoms with Gasteiger partial charge < -0.3 is 10.1 Å². The van der Waals surface area contributed by atoms with Crippen LogP contribution in [0.5, 0.6) is 5.75 Å². The first kappa shape index (κ1) is 16.5. The van der Waals surface area contributed by atoms with E-state index in [1.807, 2.05) is 25.1 Å². The van der Waals surface area contributed by atoms with Crippen LogP contribution in [-0.4, -0.2) is 19.6 Å². The average Bonchev–Trinajstić information content (AvgIpc) is 3.01. The fourth-order valence-corrected chi connectivity index (χ4v) is 3.63. The Morgan fingerprint density at radius 3 is 2.83 bits per heavy atom. The summed E-state index contributed by atoms with van der Waals surface area (Å²) in [6.45, 7) is 2.52. The Labute approximate surface area is 144 Å². The predicted octanol–water partition coefficient (Wildman–Crippen LogP) is 4.33. The number of rotatable bonds is 5. The third-order valence-electron chi connectivity index (χ3n) is 3.85. The summed E-state index contributed by atoms with van der Waals surface area (Å²) in [4.78, 5) is 12.8. The van der Waals surface area contributed by atoms with Gasteiger partial charge in [-0.2, -0.15) is 0 Å². The highest BCUT2D eigenvalue weighted by Crippen LogP contribution is 2.27. The zero-order chi connectivity index (χ0) is 17.1. The average molecular weight is 343 g/mol. The molecular weight excluding hydrogens is 325 g/mol. The van der Waals surface area contributed by atoms with E-state index in [9.17, 15) is 9.18 Å². The summed E-state index contributed by atoms with van der Waals surface area (Å²) in [5, 5.41) is 3.39.